The van der Waals surface area contributed by atoms with Gasteiger partial charge in [-0.2, -0.15) is 4.57 Å². The molecule has 0 spiro atoms. The van der Waals surface area contributed by atoms with E-state index in [2.05, 4.69) is 15.9 Å². The lowest BCUT2D eigenvalue weighted by Crippen LogP contribution is -2.38. The molecule has 7 heteroatoms. The van der Waals surface area contributed by atoms with Crippen LogP contribution in [0.15, 0.2) is 81.9 Å². The highest BCUT2D eigenvalue weighted by Crippen LogP contribution is 2.41. The number of halogens is 1. The standard InChI is InChI=1S/C24H18BrN2O4/c1-15-20(24(28)17-10-12-18(25)13-11-17)21(19-9-6-14-31-19)23(27(29)30)22(26(15)2)16-7-4-3-5-8-16/h3-14H,1-2H3/q+1. The monoisotopic (exact) mass is 477 g/mol. The van der Waals surface area contributed by atoms with Crippen molar-refractivity contribution in [2.24, 2.45) is 7.05 Å². The number of benzene rings is 2. The lowest BCUT2D eigenvalue weighted by Gasteiger charge is -2.13. The maximum atomic E-state index is 13.6. The van der Waals surface area contributed by atoms with Gasteiger partial charge in [0.1, 0.15) is 23.9 Å². The molecular formula is C24H18BrN2O4+. The van der Waals surface area contributed by atoms with Gasteiger partial charge in [-0.15, -0.1) is 0 Å². The molecule has 0 aliphatic heterocycles. The number of carbonyl (C=O) groups is 1. The smallest absolute Gasteiger partial charge is 0.352 e. The van der Waals surface area contributed by atoms with Crippen molar-refractivity contribution in [1.29, 1.82) is 0 Å². The molecule has 0 aliphatic carbocycles. The van der Waals surface area contributed by atoms with E-state index >= 15 is 0 Å². The number of furan rings is 1. The molecule has 0 amide bonds. The lowest BCUT2D eigenvalue weighted by atomic mass is 9.92. The molecule has 4 aromatic rings. The van der Waals surface area contributed by atoms with Gasteiger partial charge in [0.05, 0.1) is 16.7 Å². The molecule has 0 N–H and O–H groups in total. The third kappa shape index (κ3) is 3.68. The highest BCUT2D eigenvalue weighted by Gasteiger charge is 2.39. The number of pyridine rings is 1. The van der Waals surface area contributed by atoms with E-state index in [1.54, 1.807) is 54.9 Å². The van der Waals surface area contributed by atoms with Crippen LogP contribution in [-0.2, 0) is 7.05 Å². The summed E-state index contributed by atoms with van der Waals surface area (Å²) < 4.78 is 8.11. The predicted molar refractivity (Wildman–Crippen MR) is 120 cm³/mol. The maximum absolute atomic E-state index is 13.6. The van der Waals surface area contributed by atoms with Crippen LogP contribution >= 0.6 is 15.9 Å². The van der Waals surface area contributed by atoms with Crippen LogP contribution in [0.25, 0.3) is 22.6 Å². The number of nitro groups is 1. The van der Waals surface area contributed by atoms with Crippen molar-refractivity contribution in [2.45, 2.75) is 6.92 Å². The van der Waals surface area contributed by atoms with Crippen molar-refractivity contribution in [3.05, 3.63) is 104 Å². The average Bonchev–Trinajstić information content (AvgIpc) is 3.30. The fourth-order valence-electron chi connectivity index (χ4n) is 3.70. The van der Waals surface area contributed by atoms with Crippen LogP contribution in [0.4, 0.5) is 5.69 Å². The minimum atomic E-state index is -0.446. The van der Waals surface area contributed by atoms with Gasteiger partial charge in [0.25, 0.3) is 5.69 Å². The van der Waals surface area contributed by atoms with Crippen molar-refractivity contribution in [1.82, 2.24) is 0 Å². The summed E-state index contributed by atoms with van der Waals surface area (Å²) >= 11 is 3.37. The Hall–Kier alpha value is -3.58. The molecule has 2 aromatic heterocycles. The summed E-state index contributed by atoms with van der Waals surface area (Å²) in [5.74, 6) is -0.0391. The molecule has 0 saturated heterocycles. The topological polar surface area (TPSA) is 77.2 Å². The lowest BCUT2D eigenvalue weighted by molar-refractivity contribution is -0.669. The fraction of sp³-hybridized carbons (Fsp3) is 0.0833. The van der Waals surface area contributed by atoms with E-state index in [-0.39, 0.29) is 28.4 Å². The zero-order valence-electron chi connectivity index (χ0n) is 16.8. The Morgan fingerprint density at radius 1 is 1.03 bits per heavy atom. The van der Waals surface area contributed by atoms with Crippen LogP contribution in [0.1, 0.15) is 21.6 Å². The summed E-state index contributed by atoms with van der Waals surface area (Å²) in [5.41, 5.74) is 2.36. The van der Waals surface area contributed by atoms with Gasteiger partial charge in [-0.25, -0.2) is 0 Å². The molecule has 0 unspecified atom stereocenters. The second-order valence-corrected chi connectivity index (χ2v) is 7.94. The van der Waals surface area contributed by atoms with Crippen LogP contribution < -0.4 is 4.57 Å². The summed E-state index contributed by atoms with van der Waals surface area (Å²) in [6.07, 6.45) is 1.44. The SMILES string of the molecule is Cc1c(C(=O)c2ccc(Br)cc2)c(-c2ccco2)c([N+](=O)[O-])c(-c2ccccc2)[n+]1C. The molecule has 31 heavy (non-hydrogen) atoms. The van der Waals surface area contributed by atoms with Gasteiger partial charge in [0.2, 0.25) is 0 Å². The second-order valence-electron chi connectivity index (χ2n) is 7.03. The Morgan fingerprint density at radius 2 is 1.71 bits per heavy atom. The van der Waals surface area contributed by atoms with Crippen molar-refractivity contribution < 1.29 is 18.7 Å². The molecule has 0 atom stereocenters. The fourth-order valence-corrected chi connectivity index (χ4v) is 3.96. The van der Waals surface area contributed by atoms with Crippen molar-refractivity contribution in [2.75, 3.05) is 0 Å². The largest absolute Gasteiger partial charge is 0.464 e. The Bertz CT molecular complexity index is 1280. The van der Waals surface area contributed by atoms with Gasteiger partial charge in [0.15, 0.2) is 11.5 Å². The van der Waals surface area contributed by atoms with Crippen molar-refractivity contribution in [3.63, 3.8) is 0 Å². The second kappa shape index (κ2) is 8.28. The first-order valence-corrected chi connectivity index (χ1v) is 10.3. The quantitative estimate of drug-likeness (QED) is 0.161. The van der Waals surface area contributed by atoms with E-state index in [1.807, 2.05) is 30.3 Å². The number of nitrogens with zero attached hydrogens (tertiary/aromatic N) is 2. The first-order chi connectivity index (χ1) is 14.9. The van der Waals surface area contributed by atoms with Crippen molar-refractivity contribution >= 4 is 27.4 Å². The van der Waals surface area contributed by atoms with Crippen LogP contribution in [0.3, 0.4) is 0 Å². The number of ketones is 1. The molecule has 4 rings (SSSR count). The average molecular weight is 478 g/mol. The Kier molecular flexibility index (Phi) is 5.52. The highest BCUT2D eigenvalue weighted by atomic mass is 79.9. The highest BCUT2D eigenvalue weighted by molar-refractivity contribution is 9.10. The Morgan fingerprint density at radius 3 is 2.29 bits per heavy atom. The first-order valence-electron chi connectivity index (χ1n) is 9.50. The van der Waals surface area contributed by atoms with E-state index in [4.69, 9.17) is 4.42 Å². The summed E-state index contributed by atoms with van der Waals surface area (Å²) in [7, 11) is 1.73. The predicted octanol–water partition coefficient (Wildman–Crippen LogP) is 5.65. The molecule has 0 saturated carbocycles. The molecule has 154 valence electrons. The van der Waals surface area contributed by atoms with Crippen molar-refractivity contribution in [3.8, 4) is 22.6 Å². The summed E-state index contributed by atoms with van der Waals surface area (Å²) in [6, 6.07) is 19.3. The zero-order chi connectivity index (χ0) is 22.1. The molecular weight excluding hydrogens is 460 g/mol. The molecule has 0 aliphatic rings. The molecule has 2 aromatic carbocycles. The minimum Gasteiger partial charge on any atom is -0.464 e. The zero-order valence-corrected chi connectivity index (χ0v) is 18.4. The number of rotatable bonds is 5. The molecule has 0 bridgehead atoms. The van der Waals surface area contributed by atoms with E-state index in [1.165, 1.54) is 6.26 Å². The van der Waals surface area contributed by atoms with Crippen LogP contribution in [0, 0.1) is 17.0 Å². The van der Waals surface area contributed by atoms with Crippen LogP contribution in [-0.4, -0.2) is 10.7 Å². The number of hydrogen-bond acceptors (Lipinski definition) is 4. The molecule has 2 heterocycles. The molecule has 6 nitrogen and oxygen atoms in total. The van der Waals surface area contributed by atoms with Gasteiger partial charge in [-0.3, -0.25) is 14.9 Å². The van der Waals surface area contributed by atoms with Gasteiger partial charge >= 0.3 is 5.69 Å². The normalized spacial score (nSPS) is 10.8. The minimum absolute atomic E-state index is 0.172. The van der Waals surface area contributed by atoms with E-state index in [0.29, 0.717) is 22.5 Å². The van der Waals surface area contributed by atoms with E-state index in [0.717, 1.165) is 4.47 Å². The summed E-state index contributed by atoms with van der Waals surface area (Å²) in [6.45, 7) is 1.79. The van der Waals surface area contributed by atoms with Gasteiger partial charge in [-0.1, -0.05) is 34.1 Å². The third-order valence-electron chi connectivity index (χ3n) is 5.24. The first kappa shape index (κ1) is 20.7. The third-order valence-corrected chi connectivity index (χ3v) is 5.77. The number of hydrogen-bond donors (Lipinski definition) is 0. The summed E-state index contributed by atoms with van der Waals surface area (Å²) in [4.78, 5) is 25.5. The van der Waals surface area contributed by atoms with Gasteiger partial charge in [0, 0.05) is 17.0 Å². The van der Waals surface area contributed by atoms with Gasteiger partial charge in [-0.05, 0) is 48.5 Å². The van der Waals surface area contributed by atoms with Crippen LogP contribution in [0.5, 0.6) is 0 Å². The molecule has 0 fully saturated rings. The number of aromatic nitrogens is 1. The maximum Gasteiger partial charge on any atom is 0.352 e. The van der Waals surface area contributed by atoms with E-state index < -0.39 is 4.92 Å². The molecule has 0 radical (unpaired) electrons. The summed E-state index contributed by atoms with van der Waals surface area (Å²) in [5, 5.41) is 12.4. The Labute approximate surface area is 187 Å². The van der Waals surface area contributed by atoms with E-state index in [9.17, 15) is 14.9 Å². The Balaban J connectivity index is 2.12. The number of carbonyl (C=O) groups excluding carboxylic acids is 1. The van der Waals surface area contributed by atoms with Crippen LogP contribution in [0.2, 0.25) is 0 Å². The van der Waals surface area contributed by atoms with Gasteiger partial charge < -0.3 is 4.42 Å².